The molecule has 0 bridgehead atoms. The van der Waals surface area contributed by atoms with Gasteiger partial charge in [-0.3, -0.25) is 0 Å². The van der Waals surface area contributed by atoms with Gasteiger partial charge in [-0.25, -0.2) is 19.9 Å². The summed E-state index contributed by atoms with van der Waals surface area (Å²) in [5, 5.41) is 2.12. The third-order valence-electron chi connectivity index (χ3n) is 7.59. The van der Waals surface area contributed by atoms with Gasteiger partial charge >= 0.3 is 0 Å². The van der Waals surface area contributed by atoms with Crippen molar-refractivity contribution in [2.45, 2.75) is 0 Å². The zero-order valence-corrected chi connectivity index (χ0v) is 23.1. The molecule has 0 spiro atoms. The zero-order chi connectivity index (χ0) is 28.6. The van der Waals surface area contributed by atoms with Crippen molar-refractivity contribution in [2.24, 2.45) is 0 Å². The highest BCUT2D eigenvalue weighted by atomic mass is 16.3. The molecule has 0 radical (unpaired) electrons. The second kappa shape index (κ2) is 10.5. The lowest BCUT2D eigenvalue weighted by atomic mass is 9.94. The molecule has 8 rings (SSSR count). The molecular formula is C38H24N4O. The summed E-state index contributed by atoms with van der Waals surface area (Å²) in [6.45, 7) is 0. The van der Waals surface area contributed by atoms with E-state index in [1.807, 2.05) is 103 Å². The van der Waals surface area contributed by atoms with E-state index in [0.29, 0.717) is 23.4 Å². The predicted octanol–water partition coefficient (Wildman–Crippen LogP) is 9.50. The second-order valence-corrected chi connectivity index (χ2v) is 10.3. The van der Waals surface area contributed by atoms with Crippen LogP contribution in [0.25, 0.3) is 78.6 Å². The smallest absolute Gasteiger partial charge is 0.227 e. The third-order valence-corrected chi connectivity index (χ3v) is 7.59. The van der Waals surface area contributed by atoms with E-state index < -0.39 is 0 Å². The normalized spacial score (nSPS) is 11.3. The van der Waals surface area contributed by atoms with Crippen molar-refractivity contribution in [3.8, 4) is 56.7 Å². The molecule has 0 N–H and O–H groups in total. The number of hydrogen-bond acceptors (Lipinski definition) is 5. The Labute approximate surface area is 248 Å². The van der Waals surface area contributed by atoms with Gasteiger partial charge in [0.2, 0.25) is 5.89 Å². The fraction of sp³-hybridized carbons (Fsp3) is 0. The number of aromatic nitrogens is 4. The molecule has 0 saturated heterocycles. The lowest BCUT2D eigenvalue weighted by Gasteiger charge is -2.13. The van der Waals surface area contributed by atoms with Gasteiger partial charge in [0.15, 0.2) is 23.1 Å². The van der Waals surface area contributed by atoms with E-state index in [4.69, 9.17) is 24.4 Å². The average molecular weight is 553 g/mol. The van der Waals surface area contributed by atoms with Gasteiger partial charge in [-0.15, -0.1) is 0 Å². The first kappa shape index (κ1) is 24.8. The highest BCUT2D eigenvalue weighted by Crippen LogP contribution is 2.39. The van der Waals surface area contributed by atoms with Gasteiger partial charge in [0, 0.05) is 27.8 Å². The quantitative estimate of drug-likeness (QED) is 0.213. The van der Waals surface area contributed by atoms with E-state index in [2.05, 4.69) is 42.5 Å². The number of fused-ring (bicyclic) bond motifs is 2. The highest BCUT2D eigenvalue weighted by Gasteiger charge is 2.18. The Hall–Kier alpha value is -5.94. The van der Waals surface area contributed by atoms with Crippen LogP contribution in [0.5, 0.6) is 0 Å². The summed E-state index contributed by atoms with van der Waals surface area (Å²) in [5.41, 5.74) is 7.39. The van der Waals surface area contributed by atoms with Crippen LogP contribution < -0.4 is 0 Å². The van der Waals surface area contributed by atoms with E-state index in [1.165, 1.54) is 0 Å². The van der Waals surface area contributed by atoms with Crippen molar-refractivity contribution in [1.82, 2.24) is 19.9 Å². The number of nitrogens with zero attached hydrogens (tertiary/aromatic N) is 4. The summed E-state index contributed by atoms with van der Waals surface area (Å²) in [7, 11) is 0. The maximum Gasteiger partial charge on any atom is 0.227 e. The van der Waals surface area contributed by atoms with E-state index in [1.54, 1.807) is 0 Å². The van der Waals surface area contributed by atoms with E-state index in [9.17, 15) is 0 Å². The predicted molar refractivity (Wildman–Crippen MR) is 172 cm³/mol. The van der Waals surface area contributed by atoms with Crippen LogP contribution in [0, 0.1) is 0 Å². The van der Waals surface area contributed by atoms with E-state index in [-0.39, 0.29) is 0 Å². The minimum absolute atomic E-state index is 0.607. The van der Waals surface area contributed by atoms with Crippen LogP contribution >= 0.6 is 0 Å². The molecule has 0 atom stereocenters. The fourth-order valence-corrected chi connectivity index (χ4v) is 5.52. The topological polar surface area (TPSA) is 64.7 Å². The first-order chi connectivity index (χ1) is 21.3. The van der Waals surface area contributed by atoms with Crippen LogP contribution in [0.2, 0.25) is 0 Å². The van der Waals surface area contributed by atoms with Crippen LogP contribution in [0.4, 0.5) is 0 Å². The lowest BCUT2D eigenvalue weighted by Crippen LogP contribution is -2.00. The molecule has 2 heterocycles. The second-order valence-electron chi connectivity index (χ2n) is 10.3. The Kier molecular flexibility index (Phi) is 6.05. The fourth-order valence-electron chi connectivity index (χ4n) is 5.52. The Morgan fingerprint density at radius 2 is 0.860 bits per heavy atom. The summed E-state index contributed by atoms with van der Waals surface area (Å²) in [4.78, 5) is 19.6. The maximum absolute atomic E-state index is 6.39. The average Bonchev–Trinajstić information content (AvgIpc) is 3.54. The van der Waals surface area contributed by atoms with E-state index in [0.717, 1.165) is 55.3 Å². The number of oxazole rings is 1. The summed E-state index contributed by atoms with van der Waals surface area (Å²) in [6, 6.07) is 48.8. The summed E-state index contributed by atoms with van der Waals surface area (Å²) in [6.07, 6.45) is 0. The molecule has 0 saturated carbocycles. The molecule has 5 nitrogen and oxygen atoms in total. The Balaban J connectivity index is 1.32. The Morgan fingerprint density at radius 1 is 0.349 bits per heavy atom. The Morgan fingerprint density at radius 3 is 1.49 bits per heavy atom. The molecule has 5 heteroatoms. The van der Waals surface area contributed by atoms with Gasteiger partial charge in [0.1, 0.15) is 5.52 Å². The zero-order valence-electron chi connectivity index (χ0n) is 23.1. The summed E-state index contributed by atoms with van der Waals surface area (Å²) < 4.78 is 6.39. The monoisotopic (exact) mass is 552 g/mol. The SMILES string of the molecule is c1ccc(-c2nc(-c3ccccc3)nc(-c3ccc(-c4cccc5nc(-c6ccccc6)oc45)c4ccccc34)n2)cc1. The molecular weight excluding hydrogens is 528 g/mol. The number of rotatable bonds is 5. The molecule has 0 aliphatic carbocycles. The number of hydrogen-bond donors (Lipinski definition) is 0. The summed E-state index contributed by atoms with van der Waals surface area (Å²) in [5.74, 6) is 2.51. The van der Waals surface area contributed by atoms with Gasteiger partial charge < -0.3 is 4.42 Å². The largest absolute Gasteiger partial charge is 0.435 e. The molecule has 0 amide bonds. The van der Waals surface area contributed by atoms with Crippen LogP contribution in [0.1, 0.15) is 0 Å². The third kappa shape index (κ3) is 4.53. The van der Waals surface area contributed by atoms with E-state index >= 15 is 0 Å². The van der Waals surface area contributed by atoms with Gasteiger partial charge in [-0.1, -0.05) is 121 Å². The van der Waals surface area contributed by atoms with Gasteiger partial charge in [0.25, 0.3) is 0 Å². The first-order valence-electron chi connectivity index (χ1n) is 14.2. The first-order valence-corrected chi connectivity index (χ1v) is 14.2. The summed E-state index contributed by atoms with van der Waals surface area (Å²) >= 11 is 0. The molecule has 202 valence electrons. The maximum atomic E-state index is 6.39. The van der Waals surface area contributed by atoms with Crippen LogP contribution in [-0.2, 0) is 0 Å². The molecule has 0 aliphatic heterocycles. The van der Waals surface area contributed by atoms with Gasteiger partial charge in [-0.2, -0.15) is 0 Å². The van der Waals surface area contributed by atoms with Crippen molar-refractivity contribution < 1.29 is 4.42 Å². The van der Waals surface area contributed by atoms with Crippen LogP contribution in [0.3, 0.4) is 0 Å². The van der Waals surface area contributed by atoms with Crippen molar-refractivity contribution in [3.05, 3.63) is 146 Å². The number of benzene rings is 6. The van der Waals surface area contributed by atoms with Crippen LogP contribution in [0.15, 0.2) is 150 Å². The minimum Gasteiger partial charge on any atom is -0.435 e. The van der Waals surface area contributed by atoms with Crippen molar-refractivity contribution in [1.29, 1.82) is 0 Å². The molecule has 6 aromatic carbocycles. The van der Waals surface area contributed by atoms with Crippen LogP contribution in [-0.4, -0.2) is 19.9 Å². The van der Waals surface area contributed by atoms with Crippen molar-refractivity contribution >= 4 is 21.9 Å². The molecule has 43 heavy (non-hydrogen) atoms. The van der Waals surface area contributed by atoms with Crippen molar-refractivity contribution in [2.75, 3.05) is 0 Å². The molecule has 2 aromatic heterocycles. The van der Waals surface area contributed by atoms with Crippen molar-refractivity contribution in [3.63, 3.8) is 0 Å². The lowest BCUT2D eigenvalue weighted by molar-refractivity contribution is 0.621. The highest BCUT2D eigenvalue weighted by molar-refractivity contribution is 6.07. The molecule has 8 aromatic rings. The number of para-hydroxylation sites is 1. The minimum atomic E-state index is 0.607. The molecule has 0 fully saturated rings. The standard InChI is InChI=1S/C38H24N4O/c1-4-13-25(14-5-1)35-40-36(26-15-6-2-7-16-26)42-37(41-35)32-24-23-30(28-19-10-11-20-29(28)32)31-21-12-22-33-34(31)43-38(39-33)27-17-8-3-9-18-27/h1-24H. The molecule has 0 unspecified atom stereocenters. The Bertz CT molecular complexity index is 2170. The van der Waals surface area contributed by atoms with Gasteiger partial charge in [0.05, 0.1) is 0 Å². The molecule has 0 aliphatic rings. The van der Waals surface area contributed by atoms with Gasteiger partial charge in [-0.05, 0) is 40.6 Å².